The highest BCUT2D eigenvalue weighted by Crippen LogP contribution is 2.31. The first-order valence-electron chi connectivity index (χ1n) is 6.04. The molecule has 0 radical (unpaired) electrons. The molecule has 0 aromatic heterocycles. The second kappa shape index (κ2) is 4.78. The third-order valence-electron chi connectivity index (χ3n) is 3.33. The zero-order chi connectivity index (χ0) is 13.3. The van der Waals surface area contributed by atoms with Crippen molar-refractivity contribution in [1.29, 1.82) is 0 Å². The van der Waals surface area contributed by atoms with E-state index in [4.69, 9.17) is 0 Å². The first-order chi connectivity index (χ1) is 8.38. The summed E-state index contributed by atoms with van der Waals surface area (Å²) in [6.45, 7) is 0.857. The summed E-state index contributed by atoms with van der Waals surface area (Å²) >= 11 is 0. The monoisotopic (exact) mass is 264 g/mol. The molecule has 1 saturated carbocycles. The molecule has 1 saturated heterocycles. The molecule has 0 aromatic rings. The van der Waals surface area contributed by atoms with Crippen molar-refractivity contribution >= 4 is 11.8 Å². The first-order valence-corrected chi connectivity index (χ1v) is 6.04. The SMILES string of the molecule is O=C(C1CC1)N1CCC(NC(=O)C(F)(F)F)CC1. The van der Waals surface area contributed by atoms with E-state index in [2.05, 4.69) is 0 Å². The van der Waals surface area contributed by atoms with Crippen molar-refractivity contribution in [3.8, 4) is 0 Å². The Morgan fingerprint density at radius 1 is 1.06 bits per heavy atom. The number of alkyl halides is 3. The first kappa shape index (κ1) is 13.2. The summed E-state index contributed by atoms with van der Waals surface area (Å²) in [6.07, 6.45) is -2.21. The molecule has 0 bridgehead atoms. The van der Waals surface area contributed by atoms with Crippen molar-refractivity contribution in [3.63, 3.8) is 0 Å². The Kier molecular flexibility index (Phi) is 3.49. The van der Waals surface area contributed by atoms with Crippen LogP contribution in [0.5, 0.6) is 0 Å². The summed E-state index contributed by atoms with van der Waals surface area (Å²) in [5.74, 6) is -1.66. The number of nitrogens with one attached hydrogen (secondary N) is 1. The number of rotatable bonds is 2. The maximum absolute atomic E-state index is 12.0. The van der Waals surface area contributed by atoms with Gasteiger partial charge in [0.15, 0.2) is 0 Å². The Balaban J connectivity index is 1.76. The summed E-state index contributed by atoms with van der Waals surface area (Å²) < 4.78 is 36.1. The number of carbonyl (C=O) groups is 2. The van der Waals surface area contributed by atoms with E-state index >= 15 is 0 Å². The largest absolute Gasteiger partial charge is 0.471 e. The highest BCUT2D eigenvalue weighted by molar-refractivity contribution is 5.82. The van der Waals surface area contributed by atoms with E-state index in [1.807, 2.05) is 5.32 Å². The molecule has 4 nitrogen and oxygen atoms in total. The van der Waals surface area contributed by atoms with Crippen LogP contribution in [-0.2, 0) is 9.59 Å². The lowest BCUT2D eigenvalue weighted by atomic mass is 10.0. The summed E-state index contributed by atoms with van der Waals surface area (Å²) in [5.41, 5.74) is 0. The second-order valence-corrected chi connectivity index (χ2v) is 4.85. The molecule has 7 heteroatoms. The van der Waals surface area contributed by atoms with Crippen LogP contribution in [0.3, 0.4) is 0 Å². The Morgan fingerprint density at radius 3 is 2.06 bits per heavy atom. The van der Waals surface area contributed by atoms with E-state index in [9.17, 15) is 22.8 Å². The summed E-state index contributed by atoms with van der Waals surface area (Å²) in [6, 6.07) is -0.484. The van der Waals surface area contributed by atoms with Gasteiger partial charge in [-0.25, -0.2) is 0 Å². The molecule has 2 rings (SSSR count). The fourth-order valence-electron chi connectivity index (χ4n) is 2.10. The molecule has 0 unspecified atom stereocenters. The molecule has 102 valence electrons. The van der Waals surface area contributed by atoms with Gasteiger partial charge in [-0.05, 0) is 25.7 Å². The number of piperidine rings is 1. The topological polar surface area (TPSA) is 49.4 Å². The van der Waals surface area contributed by atoms with Crippen LogP contribution in [0.25, 0.3) is 0 Å². The molecule has 0 atom stereocenters. The quantitative estimate of drug-likeness (QED) is 0.811. The Hall–Kier alpha value is -1.27. The van der Waals surface area contributed by atoms with Gasteiger partial charge in [0.05, 0.1) is 0 Å². The van der Waals surface area contributed by atoms with Gasteiger partial charge in [-0.3, -0.25) is 9.59 Å². The summed E-state index contributed by atoms with van der Waals surface area (Å²) in [7, 11) is 0. The molecule has 18 heavy (non-hydrogen) atoms. The number of amides is 2. The van der Waals surface area contributed by atoms with Crippen molar-refractivity contribution < 1.29 is 22.8 Å². The number of hydrogen-bond donors (Lipinski definition) is 1. The molecule has 1 N–H and O–H groups in total. The minimum absolute atomic E-state index is 0.107. The fourth-order valence-corrected chi connectivity index (χ4v) is 2.10. The number of hydrogen-bond acceptors (Lipinski definition) is 2. The van der Waals surface area contributed by atoms with Gasteiger partial charge in [-0.2, -0.15) is 13.2 Å². The average Bonchev–Trinajstić information content (AvgIpc) is 3.11. The molecule has 2 amide bonds. The predicted octanol–water partition coefficient (Wildman–Crippen LogP) is 1.07. The average molecular weight is 264 g/mol. The van der Waals surface area contributed by atoms with Crippen LogP contribution in [0.1, 0.15) is 25.7 Å². The molecule has 0 aromatic carbocycles. The van der Waals surface area contributed by atoms with Crippen molar-refractivity contribution in [2.45, 2.75) is 37.9 Å². The van der Waals surface area contributed by atoms with Gasteiger partial charge in [0.1, 0.15) is 0 Å². The van der Waals surface area contributed by atoms with Gasteiger partial charge >= 0.3 is 12.1 Å². The molecule has 1 aliphatic carbocycles. The Bertz CT molecular complexity index is 345. The van der Waals surface area contributed by atoms with Gasteiger partial charge in [0, 0.05) is 25.0 Å². The third-order valence-corrected chi connectivity index (χ3v) is 3.33. The van der Waals surface area contributed by atoms with Crippen LogP contribution < -0.4 is 5.32 Å². The lowest BCUT2D eigenvalue weighted by Crippen LogP contribution is -2.49. The summed E-state index contributed by atoms with van der Waals surface area (Å²) in [4.78, 5) is 24.1. The zero-order valence-corrected chi connectivity index (χ0v) is 9.79. The van der Waals surface area contributed by atoms with Crippen LogP contribution in [0.4, 0.5) is 13.2 Å². The normalized spacial score (nSPS) is 21.8. The highest BCUT2D eigenvalue weighted by Gasteiger charge is 2.40. The predicted molar refractivity (Wildman–Crippen MR) is 56.5 cm³/mol. The zero-order valence-electron chi connectivity index (χ0n) is 9.79. The van der Waals surface area contributed by atoms with Gasteiger partial charge in [0.2, 0.25) is 5.91 Å². The molecule has 2 fully saturated rings. The smallest absolute Gasteiger partial charge is 0.345 e. The molecule has 2 aliphatic rings. The van der Waals surface area contributed by atoms with E-state index in [0.29, 0.717) is 25.9 Å². The van der Waals surface area contributed by atoms with Crippen LogP contribution in [-0.4, -0.2) is 42.0 Å². The van der Waals surface area contributed by atoms with Gasteiger partial charge in [-0.1, -0.05) is 0 Å². The molecule has 1 aliphatic heterocycles. The maximum atomic E-state index is 12.0. The van der Waals surface area contributed by atoms with Crippen molar-refractivity contribution in [1.82, 2.24) is 10.2 Å². The summed E-state index contributed by atoms with van der Waals surface area (Å²) in [5, 5.41) is 1.96. The van der Waals surface area contributed by atoms with E-state index in [1.54, 1.807) is 4.90 Å². The second-order valence-electron chi connectivity index (χ2n) is 4.85. The van der Waals surface area contributed by atoms with E-state index in [1.165, 1.54) is 0 Å². The molecular weight excluding hydrogens is 249 g/mol. The lowest BCUT2D eigenvalue weighted by Gasteiger charge is -2.32. The fraction of sp³-hybridized carbons (Fsp3) is 0.818. The Labute approximate surface area is 103 Å². The molecule has 0 spiro atoms. The van der Waals surface area contributed by atoms with Gasteiger partial charge in [-0.15, -0.1) is 0 Å². The van der Waals surface area contributed by atoms with Gasteiger partial charge in [0.25, 0.3) is 0 Å². The van der Waals surface area contributed by atoms with Crippen LogP contribution in [0, 0.1) is 5.92 Å². The van der Waals surface area contributed by atoms with Crippen molar-refractivity contribution in [2.75, 3.05) is 13.1 Å². The van der Waals surface area contributed by atoms with Crippen LogP contribution in [0.15, 0.2) is 0 Å². The van der Waals surface area contributed by atoms with E-state index in [-0.39, 0.29) is 11.8 Å². The number of likely N-dealkylation sites (tertiary alicyclic amines) is 1. The van der Waals surface area contributed by atoms with Gasteiger partial charge < -0.3 is 10.2 Å². The Morgan fingerprint density at radius 2 is 1.61 bits per heavy atom. The maximum Gasteiger partial charge on any atom is 0.471 e. The molecule has 1 heterocycles. The van der Waals surface area contributed by atoms with Crippen LogP contribution in [0.2, 0.25) is 0 Å². The highest BCUT2D eigenvalue weighted by atomic mass is 19.4. The third kappa shape index (κ3) is 3.14. The number of carbonyl (C=O) groups excluding carboxylic acids is 2. The molecular formula is C11H15F3N2O2. The van der Waals surface area contributed by atoms with Crippen molar-refractivity contribution in [3.05, 3.63) is 0 Å². The minimum Gasteiger partial charge on any atom is -0.345 e. The number of halogens is 3. The van der Waals surface area contributed by atoms with E-state index in [0.717, 1.165) is 12.8 Å². The van der Waals surface area contributed by atoms with Crippen molar-refractivity contribution in [2.24, 2.45) is 5.92 Å². The lowest BCUT2D eigenvalue weighted by molar-refractivity contribution is -0.174. The van der Waals surface area contributed by atoms with Crippen LogP contribution >= 0.6 is 0 Å². The number of nitrogens with zero attached hydrogens (tertiary/aromatic N) is 1. The minimum atomic E-state index is -4.83. The van der Waals surface area contributed by atoms with E-state index < -0.39 is 18.1 Å². The standard InChI is InChI=1S/C11H15F3N2O2/c12-11(13,14)10(18)15-8-3-5-16(6-4-8)9(17)7-1-2-7/h7-8H,1-6H2,(H,15,18).